The van der Waals surface area contributed by atoms with Gasteiger partial charge in [0.1, 0.15) is 12.4 Å². The minimum Gasteiger partial charge on any atom is -0.459 e. The van der Waals surface area contributed by atoms with Crippen LogP contribution in [-0.4, -0.2) is 32.8 Å². The van der Waals surface area contributed by atoms with Gasteiger partial charge in [-0.15, -0.1) is 0 Å². The molecule has 0 bridgehead atoms. The maximum Gasteiger partial charge on any atom is 0.330 e. The lowest BCUT2D eigenvalue weighted by Crippen LogP contribution is -2.41. The first kappa shape index (κ1) is 18.8. The van der Waals surface area contributed by atoms with Crippen molar-refractivity contribution in [1.82, 2.24) is 0 Å². The Bertz CT molecular complexity index is 405. The Labute approximate surface area is 134 Å². The van der Waals surface area contributed by atoms with Crippen LogP contribution in [0.5, 0.6) is 0 Å². The highest BCUT2D eigenvalue weighted by molar-refractivity contribution is 6.73. The molecule has 0 saturated heterocycles. The zero-order chi connectivity index (χ0) is 16.4. The lowest BCUT2D eigenvalue weighted by Gasteiger charge is -2.34. The largest absolute Gasteiger partial charge is 0.459 e. The Kier molecular flexibility index (Phi) is 8.34. The smallest absolute Gasteiger partial charge is 0.330 e. The van der Waals surface area contributed by atoms with Crippen LogP contribution in [0.25, 0.3) is 0 Å². The summed E-state index contributed by atoms with van der Waals surface area (Å²) in [6, 6.07) is 3.24. The van der Waals surface area contributed by atoms with Gasteiger partial charge in [-0.05, 0) is 30.6 Å². The van der Waals surface area contributed by atoms with Gasteiger partial charge in [-0.2, -0.15) is 0 Å². The lowest BCUT2D eigenvalue weighted by atomic mass is 10.0. The first-order valence-corrected chi connectivity index (χ1v) is 10.8. The van der Waals surface area contributed by atoms with Gasteiger partial charge < -0.3 is 9.16 Å². The van der Waals surface area contributed by atoms with E-state index in [0.717, 1.165) is 30.8 Å². The molecular formula is C17H28O4Si. The topological polar surface area (TPSA) is 52.6 Å². The van der Waals surface area contributed by atoms with E-state index in [9.17, 15) is 9.59 Å². The number of ether oxygens (including phenoxy) is 1. The molecule has 1 aliphatic heterocycles. The summed E-state index contributed by atoms with van der Waals surface area (Å²) >= 11 is 0. The predicted octanol–water partition coefficient (Wildman–Crippen LogP) is 3.78. The number of allylic oxidation sites excluding steroid dienone is 1. The summed E-state index contributed by atoms with van der Waals surface area (Å²) in [4.78, 5) is 21.8. The van der Waals surface area contributed by atoms with Crippen molar-refractivity contribution >= 4 is 20.6 Å². The molecule has 0 spiro atoms. The van der Waals surface area contributed by atoms with Crippen molar-refractivity contribution in [3.63, 3.8) is 0 Å². The molecule has 0 saturated carbocycles. The third-order valence-electron chi connectivity index (χ3n) is 4.42. The van der Waals surface area contributed by atoms with Gasteiger partial charge in [0.25, 0.3) is 0 Å². The molecular weight excluding hydrogens is 296 g/mol. The van der Waals surface area contributed by atoms with E-state index in [1.807, 2.05) is 12.2 Å². The molecule has 0 radical (unpaired) electrons. The molecule has 0 N–H and O–H groups in total. The maximum absolute atomic E-state index is 11.4. The van der Waals surface area contributed by atoms with Gasteiger partial charge in [-0.3, -0.25) is 4.79 Å². The van der Waals surface area contributed by atoms with E-state index in [4.69, 9.17) is 9.16 Å². The Balaban J connectivity index is 2.74. The second-order valence-electron chi connectivity index (χ2n) is 5.72. The van der Waals surface area contributed by atoms with Crippen molar-refractivity contribution in [2.75, 3.05) is 0 Å². The van der Waals surface area contributed by atoms with Crippen LogP contribution in [0.3, 0.4) is 0 Å². The SMILES string of the molecule is CC[Si](CC)(CC)O[C@H](C/C=C/C=O)C[C@H]1CC=CC(=O)O1. The van der Waals surface area contributed by atoms with Crippen LogP contribution in [0.4, 0.5) is 0 Å². The van der Waals surface area contributed by atoms with Gasteiger partial charge in [-0.25, -0.2) is 4.79 Å². The van der Waals surface area contributed by atoms with Gasteiger partial charge in [0, 0.05) is 18.9 Å². The summed E-state index contributed by atoms with van der Waals surface area (Å²) in [5.74, 6) is -0.275. The number of hydrogen-bond acceptors (Lipinski definition) is 4. The van der Waals surface area contributed by atoms with Gasteiger partial charge in [-0.1, -0.05) is 32.9 Å². The van der Waals surface area contributed by atoms with Crippen molar-refractivity contribution in [1.29, 1.82) is 0 Å². The molecule has 0 aromatic carbocycles. The molecule has 1 aliphatic rings. The molecule has 0 fully saturated rings. The minimum atomic E-state index is -1.72. The van der Waals surface area contributed by atoms with Crippen LogP contribution in [0.2, 0.25) is 18.1 Å². The predicted molar refractivity (Wildman–Crippen MR) is 90.1 cm³/mol. The Morgan fingerprint density at radius 2 is 2.05 bits per heavy atom. The number of carbonyl (C=O) groups excluding carboxylic acids is 2. The zero-order valence-electron chi connectivity index (χ0n) is 13.9. The highest BCUT2D eigenvalue weighted by Crippen LogP contribution is 2.27. The van der Waals surface area contributed by atoms with Gasteiger partial charge in [0.15, 0.2) is 8.32 Å². The molecule has 22 heavy (non-hydrogen) atoms. The highest BCUT2D eigenvalue weighted by atomic mass is 28.4. The first-order chi connectivity index (χ1) is 10.6. The number of carbonyl (C=O) groups is 2. The Morgan fingerprint density at radius 3 is 2.59 bits per heavy atom. The molecule has 0 unspecified atom stereocenters. The van der Waals surface area contributed by atoms with Crippen molar-refractivity contribution < 1.29 is 18.8 Å². The number of rotatable bonds is 10. The summed E-state index contributed by atoms with van der Waals surface area (Å²) in [5.41, 5.74) is 0. The summed E-state index contributed by atoms with van der Waals surface area (Å²) < 4.78 is 11.9. The number of esters is 1. The van der Waals surface area contributed by atoms with Crippen molar-refractivity contribution in [3.8, 4) is 0 Å². The fraction of sp³-hybridized carbons (Fsp3) is 0.647. The van der Waals surface area contributed by atoms with E-state index in [1.165, 1.54) is 12.2 Å². The zero-order valence-corrected chi connectivity index (χ0v) is 14.9. The number of aldehydes is 1. The quantitative estimate of drug-likeness (QED) is 0.265. The van der Waals surface area contributed by atoms with Crippen LogP contribution < -0.4 is 0 Å². The van der Waals surface area contributed by atoms with Crippen molar-refractivity contribution in [2.24, 2.45) is 0 Å². The molecule has 0 aromatic rings. The van der Waals surface area contributed by atoms with E-state index in [0.29, 0.717) is 12.8 Å². The lowest BCUT2D eigenvalue weighted by molar-refractivity contribution is -0.145. The van der Waals surface area contributed by atoms with Gasteiger partial charge >= 0.3 is 5.97 Å². The first-order valence-electron chi connectivity index (χ1n) is 8.24. The monoisotopic (exact) mass is 324 g/mol. The van der Waals surface area contributed by atoms with E-state index in [2.05, 4.69) is 20.8 Å². The fourth-order valence-corrected chi connectivity index (χ4v) is 5.74. The van der Waals surface area contributed by atoms with Crippen LogP contribution in [0.15, 0.2) is 24.3 Å². The van der Waals surface area contributed by atoms with E-state index in [-0.39, 0.29) is 18.2 Å². The molecule has 5 heteroatoms. The molecule has 0 amide bonds. The van der Waals surface area contributed by atoms with Crippen molar-refractivity contribution in [2.45, 2.75) is 70.4 Å². The maximum atomic E-state index is 11.4. The summed E-state index contributed by atoms with van der Waals surface area (Å²) in [6.45, 7) is 6.59. The van der Waals surface area contributed by atoms with Gasteiger partial charge in [0.2, 0.25) is 0 Å². The Morgan fingerprint density at radius 1 is 1.36 bits per heavy atom. The molecule has 2 atom stereocenters. The van der Waals surface area contributed by atoms with Crippen molar-refractivity contribution in [3.05, 3.63) is 24.3 Å². The van der Waals surface area contributed by atoms with Gasteiger partial charge in [0.05, 0.1) is 6.10 Å². The van der Waals surface area contributed by atoms with Crippen LogP contribution in [0.1, 0.15) is 40.0 Å². The standard InChI is InChI=1S/C17H28O4Si/c1-4-22(5-2,6-3)21-16(10-7-8-13-18)14-15-11-9-12-17(19)20-15/h7-9,12-13,15-16H,4-6,10-11,14H2,1-3H3/b8-7+/t15-,16-/m1/s1. The highest BCUT2D eigenvalue weighted by Gasteiger charge is 2.33. The summed E-state index contributed by atoms with van der Waals surface area (Å²) in [7, 11) is -1.72. The molecule has 124 valence electrons. The van der Waals surface area contributed by atoms with Crippen LogP contribution >= 0.6 is 0 Å². The number of hydrogen-bond donors (Lipinski definition) is 0. The number of cyclic esters (lactones) is 1. The third kappa shape index (κ3) is 5.89. The summed E-state index contributed by atoms with van der Waals surface area (Å²) in [5, 5.41) is 0. The minimum absolute atomic E-state index is 0.00650. The average molecular weight is 324 g/mol. The molecule has 4 nitrogen and oxygen atoms in total. The molecule has 1 heterocycles. The fourth-order valence-electron chi connectivity index (χ4n) is 2.84. The Hall–Kier alpha value is -1.20. The second-order valence-corrected chi connectivity index (χ2v) is 10.4. The van der Waals surface area contributed by atoms with E-state index >= 15 is 0 Å². The molecule has 1 rings (SSSR count). The molecule has 0 aliphatic carbocycles. The normalized spacial score (nSPS) is 20.1. The van der Waals surface area contributed by atoms with Crippen LogP contribution in [-0.2, 0) is 18.8 Å². The van der Waals surface area contributed by atoms with E-state index < -0.39 is 8.32 Å². The average Bonchev–Trinajstić information content (AvgIpc) is 2.53. The summed E-state index contributed by atoms with van der Waals surface area (Å²) in [6.07, 6.45) is 9.47. The second kappa shape index (κ2) is 9.74. The van der Waals surface area contributed by atoms with E-state index in [1.54, 1.807) is 0 Å². The van der Waals surface area contributed by atoms with Crippen LogP contribution in [0, 0.1) is 0 Å². The third-order valence-corrected chi connectivity index (χ3v) is 9.12. The molecule has 0 aromatic heterocycles.